The third-order valence-corrected chi connectivity index (χ3v) is 7.69. The molecule has 0 unspecified atom stereocenters. The molecule has 38 heavy (non-hydrogen) atoms. The Bertz CT molecular complexity index is 1150. The maximum atomic E-state index is 13.5. The number of amides is 1. The molecule has 1 fully saturated rings. The molecule has 1 aliphatic carbocycles. The molecule has 0 heterocycles. The molecule has 0 atom stereocenters. The average Bonchev–Trinajstić information content (AvgIpc) is 2.96. The van der Waals surface area contributed by atoms with Crippen molar-refractivity contribution < 1.29 is 9.90 Å². The van der Waals surface area contributed by atoms with Crippen molar-refractivity contribution in [2.24, 2.45) is 0 Å². The quantitative estimate of drug-likeness (QED) is 0.293. The lowest BCUT2D eigenvalue weighted by molar-refractivity contribution is -0.134. The molecule has 4 nitrogen and oxygen atoms in total. The first kappa shape index (κ1) is 27.8. The summed E-state index contributed by atoms with van der Waals surface area (Å²) >= 11 is 0. The van der Waals surface area contributed by atoms with E-state index >= 15 is 0 Å². The molecule has 3 aromatic carbocycles. The summed E-state index contributed by atoms with van der Waals surface area (Å²) < 4.78 is 0. The van der Waals surface area contributed by atoms with Gasteiger partial charge < -0.3 is 15.3 Å². The fourth-order valence-corrected chi connectivity index (χ4v) is 5.72. The van der Waals surface area contributed by atoms with E-state index in [-0.39, 0.29) is 18.6 Å². The molecule has 200 valence electrons. The zero-order chi connectivity index (χ0) is 26.6. The van der Waals surface area contributed by atoms with E-state index in [9.17, 15) is 9.90 Å². The summed E-state index contributed by atoms with van der Waals surface area (Å²) in [5, 5.41) is 12.6. The van der Waals surface area contributed by atoms with Gasteiger partial charge in [0.05, 0.1) is 0 Å². The molecular weight excluding hydrogens is 468 g/mol. The van der Waals surface area contributed by atoms with Gasteiger partial charge in [0.25, 0.3) is 0 Å². The Labute approximate surface area is 228 Å². The largest absolute Gasteiger partial charge is 0.396 e. The molecular formula is C34H42N2O2. The molecule has 1 saturated carbocycles. The summed E-state index contributed by atoms with van der Waals surface area (Å²) in [6, 6.07) is 27.7. The summed E-state index contributed by atoms with van der Waals surface area (Å²) in [5.74, 6) is 0.724. The molecule has 2 N–H and O–H groups in total. The highest BCUT2D eigenvalue weighted by Gasteiger charge is 2.30. The standard InChI is InChI=1S/C34H42N2O2/c1-35-25-31-24-28(15-9-23-37)17-22-33(31)30-18-20-32(21-19-30)36(26-29-12-6-3-7-13-29)34(38)16-8-14-27-10-4-2-5-11-27/h2-8,10-14,17,22,24,30,32,35,37H,9,15-16,18-21,23,25-26H2,1H3/t30-,32-. The Balaban J connectivity index is 1.44. The maximum Gasteiger partial charge on any atom is 0.226 e. The van der Waals surface area contributed by atoms with E-state index in [0.29, 0.717) is 18.9 Å². The normalized spacial score (nSPS) is 17.5. The number of nitrogens with one attached hydrogen (secondary N) is 1. The van der Waals surface area contributed by atoms with Crippen LogP contribution in [0.5, 0.6) is 0 Å². The highest BCUT2D eigenvalue weighted by Crippen LogP contribution is 2.37. The molecule has 3 aromatic rings. The summed E-state index contributed by atoms with van der Waals surface area (Å²) in [6.45, 7) is 1.75. The van der Waals surface area contributed by atoms with Crippen LogP contribution in [0.2, 0.25) is 0 Å². The monoisotopic (exact) mass is 510 g/mol. The molecule has 0 bridgehead atoms. The number of hydrogen-bond donors (Lipinski definition) is 2. The Kier molecular flexibility index (Phi) is 10.7. The molecule has 1 amide bonds. The van der Waals surface area contributed by atoms with Crippen LogP contribution in [0.15, 0.2) is 84.9 Å². The van der Waals surface area contributed by atoms with Gasteiger partial charge in [-0.25, -0.2) is 0 Å². The fourth-order valence-electron chi connectivity index (χ4n) is 5.72. The Hall–Kier alpha value is -3.21. The number of hydrogen-bond acceptors (Lipinski definition) is 3. The van der Waals surface area contributed by atoms with E-state index in [1.807, 2.05) is 43.5 Å². The highest BCUT2D eigenvalue weighted by molar-refractivity contribution is 5.79. The summed E-state index contributed by atoms with van der Waals surface area (Å²) in [4.78, 5) is 15.6. The van der Waals surface area contributed by atoms with Crippen LogP contribution in [0, 0.1) is 0 Å². The van der Waals surface area contributed by atoms with E-state index in [2.05, 4.69) is 64.8 Å². The van der Waals surface area contributed by atoms with Crippen LogP contribution in [0.1, 0.15) is 72.3 Å². The zero-order valence-corrected chi connectivity index (χ0v) is 22.7. The van der Waals surface area contributed by atoms with Gasteiger partial charge in [-0.3, -0.25) is 4.79 Å². The van der Waals surface area contributed by atoms with Crippen molar-refractivity contribution in [2.45, 2.75) is 70.0 Å². The molecule has 0 saturated heterocycles. The van der Waals surface area contributed by atoms with Crippen molar-refractivity contribution in [2.75, 3.05) is 13.7 Å². The predicted molar refractivity (Wildman–Crippen MR) is 157 cm³/mol. The van der Waals surface area contributed by atoms with E-state index in [4.69, 9.17) is 0 Å². The van der Waals surface area contributed by atoms with Gasteiger partial charge in [0, 0.05) is 32.2 Å². The second-order valence-corrected chi connectivity index (χ2v) is 10.4. The number of benzene rings is 3. The first-order chi connectivity index (χ1) is 18.7. The smallest absolute Gasteiger partial charge is 0.226 e. The van der Waals surface area contributed by atoms with Crippen LogP contribution in [-0.4, -0.2) is 35.6 Å². The van der Waals surface area contributed by atoms with Crippen LogP contribution in [0.3, 0.4) is 0 Å². The van der Waals surface area contributed by atoms with Gasteiger partial charge in [0.1, 0.15) is 0 Å². The van der Waals surface area contributed by atoms with Gasteiger partial charge >= 0.3 is 0 Å². The number of nitrogens with zero attached hydrogens (tertiary/aromatic N) is 1. The zero-order valence-electron chi connectivity index (χ0n) is 22.7. The van der Waals surface area contributed by atoms with Gasteiger partial charge in [-0.05, 0) is 79.3 Å². The van der Waals surface area contributed by atoms with Crippen LogP contribution >= 0.6 is 0 Å². The van der Waals surface area contributed by atoms with Gasteiger partial charge in [0.2, 0.25) is 5.91 Å². The third-order valence-electron chi connectivity index (χ3n) is 7.69. The van der Waals surface area contributed by atoms with Crippen LogP contribution < -0.4 is 5.32 Å². The van der Waals surface area contributed by atoms with Crippen molar-refractivity contribution >= 4 is 12.0 Å². The SMILES string of the molecule is CNCc1cc(CCCO)ccc1[C@H]1CC[C@H](N(Cc2ccccc2)C(=O)CC=Cc2ccccc2)CC1. The summed E-state index contributed by atoms with van der Waals surface area (Å²) in [7, 11) is 2.00. The van der Waals surface area contributed by atoms with Crippen molar-refractivity contribution in [3.63, 3.8) is 0 Å². The number of aliphatic hydroxyl groups excluding tert-OH is 1. The van der Waals surface area contributed by atoms with Gasteiger partial charge in [-0.2, -0.15) is 0 Å². The van der Waals surface area contributed by atoms with Crippen molar-refractivity contribution in [1.29, 1.82) is 0 Å². The first-order valence-electron chi connectivity index (χ1n) is 14.1. The minimum absolute atomic E-state index is 0.202. The van der Waals surface area contributed by atoms with Gasteiger partial charge in [-0.1, -0.05) is 91.0 Å². The molecule has 4 heteroatoms. The number of rotatable bonds is 12. The van der Waals surface area contributed by atoms with Crippen molar-refractivity contribution in [1.82, 2.24) is 10.2 Å². The number of aryl methyl sites for hydroxylation is 1. The Morgan fingerprint density at radius 2 is 1.66 bits per heavy atom. The van der Waals surface area contributed by atoms with Crippen LogP contribution in [0.25, 0.3) is 6.08 Å². The topological polar surface area (TPSA) is 52.6 Å². The molecule has 0 aromatic heterocycles. The second-order valence-electron chi connectivity index (χ2n) is 10.4. The number of carbonyl (C=O) groups excluding carboxylic acids is 1. The van der Waals surface area contributed by atoms with Crippen molar-refractivity contribution in [3.8, 4) is 0 Å². The highest BCUT2D eigenvalue weighted by atomic mass is 16.2. The lowest BCUT2D eigenvalue weighted by Crippen LogP contribution is -2.41. The van der Waals surface area contributed by atoms with E-state index < -0.39 is 0 Å². The second kappa shape index (κ2) is 14.7. The van der Waals surface area contributed by atoms with Gasteiger partial charge in [-0.15, -0.1) is 0 Å². The lowest BCUT2D eigenvalue weighted by atomic mass is 9.79. The van der Waals surface area contributed by atoms with E-state index in [1.54, 1.807) is 0 Å². The minimum Gasteiger partial charge on any atom is -0.396 e. The Morgan fingerprint density at radius 1 is 0.947 bits per heavy atom. The first-order valence-corrected chi connectivity index (χ1v) is 14.1. The van der Waals surface area contributed by atoms with Crippen molar-refractivity contribution in [3.05, 3.63) is 113 Å². The molecule has 0 aliphatic heterocycles. The fraction of sp³-hybridized carbons (Fsp3) is 0.382. The summed E-state index contributed by atoms with van der Waals surface area (Å²) in [5.41, 5.74) is 6.41. The van der Waals surface area contributed by atoms with Crippen LogP contribution in [0.4, 0.5) is 0 Å². The van der Waals surface area contributed by atoms with E-state index in [1.165, 1.54) is 22.3 Å². The number of carbonyl (C=O) groups is 1. The maximum absolute atomic E-state index is 13.5. The number of aliphatic hydroxyl groups is 1. The minimum atomic E-state index is 0.202. The van der Waals surface area contributed by atoms with Crippen LogP contribution in [-0.2, 0) is 24.3 Å². The lowest BCUT2D eigenvalue weighted by Gasteiger charge is -2.38. The predicted octanol–water partition coefficient (Wildman–Crippen LogP) is 6.49. The van der Waals surface area contributed by atoms with E-state index in [0.717, 1.165) is 50.6 Å². The molecule has 0 radical (unpaired) electrons. The molecule has 1 aliphatic rings. The Morgan fingerprint density at radius 3 is 2.34 bits per heavy atom. The average molecular weight is 511 g/mol. The summed E-state index contributed by atoms with van der Waals surface area (Å²) in [6.07, 6.45) is 10.4. The molecule has 0 spiro atoms. The third kappa shape index (κ3) is 7.89. The molecule has 4 rings (SSSR count). The van der Waals surface area contributed by atoms with Gasteiger partial charge in [0.15, 0.2) is 0 Å².